The van der Waals surface area contributed by atoms with E-state index in [1.54, 1.807) is 4.90 Å². The molecule has 10 nitrogen and oxygen atoms in total. The molecule has 3 atom stereocenters. The van der Waals surface area contributed by atoms with Gasteiger partial charge in [-0.3, -0.25) is 14.4 Å². The Labute approximate surface area is 211 Å². The molecular formula is C26H35N5O5. The van der Waals surface area contributed by atoms with Crippen molar-refractivity contribution in [2.75, 3.05) is 39.7 Å². The number of methoxy groups -OCH3 is 1. The third-order valence-corrected chi connectivity index (χ3v) is 6.46. The highest BCUT2D eigenvalue weighted by atomic mass is 16.5. The summed E-state index contributed by atoms with van der Waals surface area (Å²) in [6, 6.07) is 9.01. The van der Waals surface area contributed by atoms with E-state index in [0.29, 0.717) is 13.2 Å². The molecule has 0 spiro atoms. The molecule has 2 aromatic rings. The predicted molar refractivity (Wildman–Crippen MR) is 136 cm³/mol. The quantitative estimate of drug-likeness (QED) is 0.536. The van der Waals surface area contributed by atoms with E-state index in [2.05, 4.69) is 29.0 Å². The molecule has 1 aromatic carbocycles. The second-order valence-corrected chi connectivity index (χ2v) is 9.45. The molecule has 0 aliphatic carbocycles. The van der Waals surface area contributed by atoms with Crippen LogP contribution in [0.25, 0.3) is 0 Å². The van der Waals surface area contributed by atoms with Crippen molar-refractivity contribution in [1.29, 1.82) is 0 Å². The molecule has 36 heavy (non-hydrogen) atoms. The first kappa shape index (κ1) is 26.9. The van der Waals surface area contributed by atoms with E-state index in [-0.39, 0.29) is 35.1 Å². The van der Waals surface area contributed by atoms with E-state index >= 15 is 0 Å². The summed E-state index contributed by atoms with van der Waals surface area (Å²) in [7, 11) is 5.36. The molecule has 1 aliphatic rings. The fourth-order valence-corrected chi connectivity index (χ4v) is 4.08. The first-order chi connectivity index (χ1) is 17.1. The zero-order valence-electron chi connectivity index (χ0n) is 21.5. The van der Waals surface area contributed by atoms with Crippen LogP contribution in [0.2, 0.25) is 0 Å². The summed E-state index contributed by atoms with van der Waals surface area (Å²) in [6.07, 6.45) is 2.97. The van der Waals surface area contributed by atoms with Gasteiger partial charge < -0.3 is 30.3 Å². The number of ether oxygens (including phenoxy) is 2. The van der Waals surface area contributed by atoms with Gasteiger partial charge in [0.25, 0.3) is 5.91 Å². The second-order valence-electron chi connectivity index (χ2n) is 9.45. The topological polar surface area (TPSA) is 127 Å². The van der Waals surface area contributed by atoms with Crippen LogP contribution in [-0.2, 0) is 9.59 Å². The molecule has 1 fully saturated rings. The molecule has 0 radical (unpaired) electrons. The summed E-state index contributed by atoms with van der Waals surface area (Å²) in [5, 5.41) is 2.54. The molecule has 0 saturated carbocycles. The minimum atomic E-state index is -0.816. The Morgan fingerprint density at radius 2 is 2.00 bits per heavy atom. The zero-order valence-corrected chi connectivity index (χ0v) is 21.5. The van der Waals surface area contributed by atoms with Gasteiger partial charge in [0, 0.05) is 12.6 Å². The van der Waals surface area contributed by atoms with Gasteiger partial charge in [-0.25, -0.2) is 4.98 Å². The lowest BCUT2D eigenvalue weighted by Crippen LogP contribution is -2.46. The monoisotopic (exact) mass is 497 g/mol. The molecule has 3 rings (SSSR count). The number of carbonyl (C=O) groups is 3. The summed E-state index contributed by atoms with van der Waals surface area (Å²) in [5.41, 5.74) is 6.47. The summed E-state index contributed by atoms with van der Waals surface area (Å²) in [4.78, 5) is 45.6. The van der Waals surface area contributed by atoms with Crippen LogP contribution in [0, 0.1) is 5.92 Å². The number of aromatic nitrogens is 1. The Kier molecular flexibility index (Phi) is 8.87. The van der Waals surface area contributed by atoms with E-state index in [0.717, 1.165) is 24.2 Å². The van der Waals surface area contributed by atoms with Crippen LogP contribution in [0.3, 0.4) is 0 Å². The molecule has 2 heterocycles. The number of benzene rings is 1. The largest absolute Gasteiger partial charge is 0.492 e. The number of amides is 3. The summed E-state index contributed by atoms with van der Waals surface area (Å²) < 4.78 is 11.0. The number of anilines is 1. The predicted octanol–water partition coefficient (Wildman–Crippen LogP) is 2.46. The number of rotatable bonds is 8. The number of nitrogens with one attached hydrogen (secondary N) is 1. The Balaban J connectivity index is 1.78. The molecular weight excluding hydrogens is 462 g/mol. The van der Waals surface area contributed by atoms with E-state index in [1.807, 2.05) is 38.4 Å². The van der Waals surface area contributed by atoms with Gasteiger partial charge in [-0.15, -0.1) is 0 Å². The van der Waals surface area contributed by atoms with Gasteiger partial charge in [-0.2, -0.15) is 0 Å². The number of carbonyl (C=O) groups excluding carboxylic acids is 3. The molecule has 1 saturated heterocycles. The maximum atomic E-state index is 13.3. The van der Waals surface area contributed by atoms with Crippen molar-refractivity contribution < 1.29 is 23.9 Å². The lowest BCUT2D eigenvalue weighted by atomic mass is 9.89. The highest BCUT2D eigenvalue weighted by Gasteiger charge is 2.34. The smallest absolute Gasteiger partial charge is 0.313 e. The average Bonchev–Trinajstić information content (AvgIpc) is 2.86. The molecule has 3 N–H and O–H groups in total. The van der Waals surface area contributed by atoms with Crippen LogP contribution in [0.4, 0.5) is 5.69 Å². The SMILES string of the molecule is COc1ncc(NC(=O)C(=O)N2C[C@@H](C)CC[C@@H]2c2cccc(OC[C@@H](C)N(C)C)c2)cc1C(N)=O. The Hall–Kier alpha value is -3.66. The summed E-state index contributed by atoms with van der Waals surface area (Å²) >= 11 is 0. The fourth-order valence-electron chi connectivity index (χ4n) is 4.08. The fraction of sp³-hybridized carbons (Fsp3) is 0.462. The van der Waals surface area contributed by atoms with Crippen LogP contribution in [0.15, 0.2) is 36.5 Å². The maximum absolute atomic E-state index is 13.3. The van der Waals surface area contributed by atoms with E-state index in [9.17, 15) is 14.4 Å². The van der Waals surface area contributed by atoms with Crippen molar-refractivity contribution in [2.45, 2.75) is 38.8 Å². The van der Waals surface area contributed by atoms with Crippen molar-refractivity contribution in [2.24, 2.45) is 11.7 Å². The van der Waals surface area contributed by atoms with Gasteiger partial charge >= 0.3 is 11.8 Å². The number of pyridine rings is 1. The van der Waals surface area contributed by atoms with Crippen LogP contribution in [0.1, 0.15) is 48.7 Å². The highest BCUT2D eigenvalue weighted by Crippen LogP contribution is 2.35. The first-order valence-corrected chi connectivity index (χ1v) is 12.0. The Morgan fingerprint density at radius 3 is 2.67 bits per heavy atom. The number of hydrogen-bond donors (Lipinski definition) is 2. The lowest BCUT2D eigenvalue weighted by Gasteiger charge is -2.38. The van der Waals surface area contributed by atoms with Crippen molar-refractivity contribution in [1.82, 2.24) is 14.8 Å². The number of nitrogens with two attached hydrogens (primary N) is 1. The molecule has 0 unspecified atom stereocenters. The molecule has 194 valence electrons. The number of nitrogens with zero attached hydrogens (tertiary/aromatic N) is 3. The number of hydrogen-bond acceptors (Lipinski definition) is 7. The van der Waals surface area contributed by atoms with Gasteiger partial charge in [0.1, 0.15) is 17.9 Å². The minimum Gasteiger partial charge on any atom is -0.492 e. The van der Waals surface area contributed by atoms with Crippen LogP contribution in [-0.4, -0.2) is 72.9 Å². The standard InChI is InChI=1S/C26H35N5O5/c1-16-9-10-22(18-7-6-8-20(11-18)36-15-17(2)30(3)4)31(14-16)26(34)24(33)29-19-12-21(23(27)32)25(35-5)28-13-19/h6-8,11-13,16-17,22H,9-10,14-15H2,1-5H3,(H2,27,32)(H,29,33)/t16-,17+,22+/m0/s1. The van der Waals surface area contributed by atoms with Crippen molar-refractivity contribution in [3.63, 3.8) is 0 Å². The summed E-state index contributed by atoms with van der Waals surface area (Å²) in [5.74, 6) is -1.21. The normalized spacial score (nSPS) is 18.4. The Bertz CT molecular complexity index is 1110. The first-order valence-electron chi connectivity index (χ1n) is 12.0. The highest BCUT2D eigenvalue weighted by molar-refractivity contribution is 6.39. The third-order valence-electron chi connectivity index (χ3n) is 6.46. The van der Waals surface area contributed by atoms with Crippen molar-refractivity contribution >= 4 is 23.4 Å². The molecule has 1 aromatic heterocycles. The van der Waals surface area contributed by atoms with Gasteiger partial charge in [-0.1, -0.05) is 19.1 Å². The van der Waals surface area contributed by atoms with Gasteiger partial charge in [0.15, 0.2) is 0 Å². The number of primary amides is 1. The van der Waals surface area contributed by atoms with E-state index in [4.69, 9.17) is 15.2 Å². The van der Waals surface area contributed by atoms with Gasteiger partial charge in [0.05, 0.1) is 25.0 Å². The van der Waals surface area contributed by atoms with Gasteiger partial charge in [0.2, 0.25) is 5.88 Å². The van der Waals surface area contributed by atoms with Crippen LogP contribution in [0.5, 0.6) is 11.6 Å². The average molecular weight is 498 g/mol. The number of piperidine rings is 1. The van der Waals surface area contributed by atoms with E-state index < -0.39 is 17.7 Å². The van der Waals surface area contributed by atoms with Gasteiger partial charge in [-0.05, 0) is 63.5 Å². The molecule has 10 heteroatoms. The zero-order chi connectivity index (χ0) is 26.4. The van der Waals surface area contributed by atoms with E-state index in [1.165, 1.54) is 19.4 Å². The molecule has 0 bridgehead atoms. The van der Waals surface area contributed by atoms with Crippen molar-refractivity contribution in [3.8, 4) is 11.6 Å². The Morgan fingerprint density at radius 1 is 1.25 bits per heavy atom. The summed E-state index contributed by atoms with van der Waals surface area (Å²) in [6.45, 7) is 5.12. The number of likely N-dealkylation sites (N-methyl/N-ethyl adjacent to an activating group) is 1. The lowest BCUT2D eigenvalue weighted by molar-refractivity contribution is -0.146. The molecule has 3 amide bonds. The molecule has 1 aliphatic heterocycles. The minimum absolute atomic E-state index is 0.00706. The third kappa shape index (κ3) is 6.51. The number of likely N-dealkylation sites (tertiary alicyclic amines) is 1. The maximum Gasteiger partial charge on any atom is 0.313 e. The van der Waals surface area contributed by atoms with Crippen molar-refractivity contribution in [3.05, 3.63) is 47.7 Å². The second kappa shape index (κ2) is 11.9. The van der Waals surface area contributed by atoms with Crippen LogP contribution < -0.4 is 20.5 Å². The van der Waals surface area contributed by atoms with Crippen LogP contribution >= 0.6 is 0 Å².